The SMILES string of the molecule is CC(C)(C)OC(=O)N1CC[C@H](NCCCCOc2ccccn2)C1. The number of nitrogens with zero attached hydrogens (tertiary/aromatic N) is 2. The minimum atomic E-state index is -0.434. The zero-order valence-electron chi connectivity index (χ0n) is 15.0. The maximum absolute atomic E-state index is 12.0. The summed E-state index contributed by atoms with van der Waals surface area (Å²) in [6, 6.07) is 6.01. The predicted octanol–water partition coefficient (Wildman–Crippen LogP) is 2.84. The molecule has 1 aromatic rings. The molecule has 0 aliphatic carbocycles. The maximum Gasteiger partial charge on any atom is 0.410 e. The number of hydrogen-bond donors (Lipinski definition) is 1. The zero-order chi connectivity index (χ0) is 17.4. The lowest BCUT2D eigenvalue weighted by Gasteiger charge is -2.24. The molecule has 1 amide bonds. The van der Waals surface area contributed by atoms with Gasteiger partial charge in [-0.05, 0) is 52.6 Å². The first-order chi connectivity index (χ1) is 11.4. The van der Waals surface area contributed by atoms with Gasteiger partial charge in [-0.15, -0.1) is 0 Å². The van der Waals surface area contributed by atoms with E-state index in [-0.39, 0.29) is 6.09 Å². The molecular formula is C18H29N3O3. The van der Waals surface area contributed by atoms with Gasteiger partial charge in [0.05, 0.1) is 6.61 Å². The lowest BCUT2D eigenvalue weighted by molar-refractivity contribution is 0.0291. The molecule has 1 aliphatic heterocycles. The number of likely N-dealkylation sites (tertiary alicyclic amines) is 1. The van der Waals surface area contributed by atoms with Gasteiger partial charge >= 0.3 is 6.09 Å². The van der Waals surface area contributed by atoms with Crippen LogP contribution in [0.4, 0.5) is 4.79 Å². The van der Waals surface area contributed by atoms with Crippen LogP contribution in [0.2, 0.25) is 0 Å². The van der Waals surface area contributed by atoms with Gasteiger partial charge in [0.2, 0.25) is 5.88 Å². The van der Waals surface area contributed by atoms with Crippen molar-refractivity contribution in [3.63, 3.8) is 0 Å². The van der Waals surface area contributed by atoms with Crippen LogP contribution in [0.5, 0.6) is 5.88 Å². The average molecular weight is 335 g/mol. The highest BCUT2D eigenvalue weighted by atomic mass is 16.6. The van der Waals surface area contributed by atoms with Gasteiger partial charge in [-0.3, -0.25) is 0 Å². The quantitative estimate of drug-likeness (QED) is 0.776. The predicted molar refractivity (Wildman–Crippen MR) is 93.2 cm³/mol. The van der Waals surface area contributed by atoms with Crippen LogP contribution < -0.4 is 10.1 Å². The molecule has 1 aliphatic rings. The fraction of sp³-hybridized carbons (Fsp3) is 0.667. The number of carbonyl (C=O) groups excluding carboxylic acids is 1. The minimum absolute atomic E-state index is 0.212. The standard InChI is InChI=1S/C18H29N3O3/c1-18(2,3)24-17(22)21-12-9-15(14-21)19-10-6-7-13-23-16-8-4-5-11-20-16/h4-5,8,11,15,19H,6-7,9-10,12-14H2,1-3H3/t15-/m0/s1. The van der Waals surface area contributed by atoms with Crippen molar-refractivity contribution in [1.82, 2.24) is 15.2 Å². The molecule has 0 aromatic carbocycles. The summed E-state index contributed by atoms with van der Waals surface area (Å²) in [6.07, 6.45) is 4.51. The van der Waals surface area contributed by atoms with Crippen LogP contribution in [-0.4, -0.2) is 53.9 Å². The fourth-order valence-corrected chi connectivity index (χ4v) is 2.56. The van der Waals surface area contributed by atoms with Crippen molar-refractivity contribution >= 4 is 6.09 Å². The normalized spacial score (nSPS) is 17.8. The van der Waals surface area contributed by atoms with E-state index >= 15 is 0 Å². The van der Waals surface area contributed by atoms with Gasteiger partial charge < -0.3 is 19.7 Å². The lowest BCUT2D eigenvalue weighted by Crippen LogP contribution is -2.38. The number of ether oxygens (including phenoxy) is 2. The Kier molecular flexibility index (Phi) is 6.85. The largest absolute Gasteiger partial charge is 0.478 e. The molecule has 24 heavy (non-hydrogen) atoms. The number of aromatic nitrogens is 1. The van der Waals surface area contributed by atoms with Crippen LogP contribution in [0.25, 0.3) is 0 Å². The first kappa shape index (κ1) is 18.5. The fourth-order valence-electron chi connectivity index (χ4n) is 2.56. The van der Waals surface area contributed by atoms with E-state index < -0.39 is 5.60 Å². The number of carbonyl (C=O) groups is 1. The number of nitrogens with one attached hydrogen (secondary N) is 1. The minimum Gasteiger partial charge on any atom is -0.478 e. The summed E-state index contributed by atoms with van der Waals surface area (Å²) in [7, 11) is 0. The molecular weight excluding hydrogens is 306 g/mol. The Morgan fingerprint density at radius 2 is 2.21 bits per heavy atom. The van der Waals surface area contributed by atoms with Gasteiger partial charge in [0.15, 0.2) is 0 Å². The molecule has 2 heterocycles. The molecule has 6 nitrogen and oxygen atoms in total. The van der Waals surface area contributed by atoms with Crippen LogP contribution in [0.1, 0.15) is 40.0 Å². The number of hydrogen-bond acceptors (Lipinski definition) is 5. The second kappa shape index (κ2) is 8.87. The first-order valence-corrected chi connectivity index (χ1v) is 8.69. The van der Waals surface area contributed by atoms with E-state index in [1.807, 2.05) is 39.0 Å². The van der Waals surface area contributed by atoms with Gasteiger partial charge in [-0.2, -0.15) is 0 Å². The van der Waals surface area contributed by atoms with Crippen LogP contribution in [0.3, 0.4) is 0 Å². The van der Waals surface area contributed by atoms with E-state index in [1.165, 1.54) is 0 Å². The molecule has 1 fully saturated rings. The van der Waals surface area contributed by atoms with E-state index in [0.29, 0.717) is 18.5 Å². The molecule has 0 saturated carbocycles. The van der Waals surface area contributed by atoms with E-state index in [1.54, 1.807) is 11.1 Å². The lowest BCUT2D eigenvalue weighted by atomic mass is 10.2. The smallest absolute Gasteiger partial charge is 0.410 e. The molecule has 1 N–H and O–H groups in total. The third-order valence-electron chi connectivity index (χ3n) is 3.73. The van der Waals surface area contributed by atoms with Crippen molar-refractivity contribution < 1.29 is 14.3 Å². The molecule has 0 spiro atoms. The Hall–Kier alpha value is -1.82. The van der Waals surface area contributed by atoms with Crippen LogP contribution in [0.15, 0.2) is 24.4 Å². The summed E-state index contributed by atoms with van der Waals surface area (Å²) in [4.78, 5) is 17.9. The highest BCUT2D eigenvalue weighted by Crippen LogP contribution is 2.15. The molecule has 1 saturated heterocycles. The van der Waals surface area contributed by atoms with Crippen LogP contribution >= 0.6 is 0 Å². The molecule has 1 aromatic heterocycles. The Labute approximate surface area is 144 Å². The first-order valence-electron chi connectivity index (χ1n) is 8.69. The van der Waals surface area contributed by atoms with Crippen molar-refractivity contribution in [3.8, 4) is 5.88 Å². The van der Waals surface area contributed by atoms with E-state index in [4.69, 9.17) is 9.47 Å². The topological polar surface area (TPSA) is 63.7 Å². The Morgan fingerprint density at radius 3 is 2.92 bits per heavy atom. The van der Waals surface area contributed by atoms with Crippen molar-refractivity contribution in [2.24, 2.45) is 0 Å². The third-order valence-corrected chi connectivity index (χ3v) is 3.73. The van der Waals surface area contributed by atoms with Crippen molar-refractivity contribution in [2.45, 2.75) is 51.7 Å². The summed E-state index contributed by atoms with van der Waals surface area (Å²) in [6.45, 7) is 8.76. The molecule has 0 unspecified atom stereocenters. The molecule has 1 atom stereocenters. The van der Waals surface area contributed by atoms with E-state index in [0.717, 1.165) is 38.9 Å². The number of unbranched alkanes of at least 4 members (excludes halogenated alkanes) is 1. The summed E-state index contributed by atoms with van der Waals surface area (Å²) in [5.41, 5.74) is -0.434. The van der Waals surface area contributed by atoms with E-state index in [9.17, 15) is 4.79 Å². The van der Waals surface area contributed by atoms with Gasteiger partial charge in [0.25, 0.3) is 0 Å². The summed E-state index contributed by atoms with van der Waals surface area (Å²) in [5, 5.41) is 3.51. The molecule has 6 heteroatoms. The molecule has 0 bridgehead atoms. The van der Waals surface area contributed by atoms with Crippen molar-refractivity contribution in [3.05, 3.63) is 24.4 Å². The Morgan fingerprint density at radius 1 is 1.38 bits per heavy atom. The number of amides is 1. The highest BCUT2D eigenvalue weighted by molar-refractivity contribution is 5.68. The summed E-state index contributed by atoms with van der Waals surface area (Å²) >= 11 is 0. The molecule has 2 rings (SSSR count). The Balaban J connectivity index is 1.53. The second-order valence-electron chi connectivity index (χ2n) is 7.09. The van der Waals surface area contributed by atoms with E-state index in [2.05, 4.69) is 10.3 Å². The Bertz CT molecular complexity index is 502. The third kappa shape index (κ3) is 6.74. The highest BCUT2D eigenvalue weighted by Gasteiger charge is 2.29. The summed E-state index contributed by atoms with van der Waals surface area (Å²) in [5.74, 6) is 0.675. The summed E-state index contributed by atoms with van der Waals surface area (Å²) < 4.78 is 11.0. The van der Waals surface area contributed by atoms with Crippen LogP contribution in [0, 0.1) is 0 Å². The maximum atomic E-state index is 12.0. The van der Waals surface area contributed by atoms with Crippen molar-refractivity contribution in [2.75, 3.05) is 26.2 Å². The monoisotopic (exact) mass is 335 g/mol. The van der Waals surface area contributed by atoms with Crippen molar-refractivity contribution in [1.29, 1.82) is 0 Å². The van der Waals surface area contributed by atoms with Gasteiger partial charge in [-0.1, -0.05) is 6.07 Å². The van der Waals surface area contributed by atoms with Gasteiger partial charge in [0, 0.05) is 31.4 Å². The number of pyridine rings is 1. The van der Waals surface area contributed by atoms with Gasteiger partial charge in [-0.25, -0.2) is 9.78 Å². The zero-order valence-corrected chi connectivity index (χ0v) is 15.0. The number of rotatable bonds is 7. The second-order valence-corrected chi connectivity index (χ2v) is 7.09. The average Bonchev–Trinajstić information content (AvgIpc) is 2.99. The molecule has 0 radical (unpaired) electrons. The van der Waals surface area contributed by atoms with Crippen LogP contribution in [-0.2, 0) is 4.74 Å². The van der Waals surface area contributed by atoms with Gasteiger partial charge in [0.1, 0.15) is 5.60 Å². The molecule has 134 valence electrons.